The van der Waals surface area contributed by atoms with Crippen molar-refractivity contribution in [3.63, 3.8) is 0 Å². The number of alkyl halides is 3. The summed E-state index contributed by atoms with van der Waals surface area (Å²) in [4.78, 5) is 12.7. The van der Waals surface area contributed by atoms with Crippen molar-refractivity contribution < 1.29 is 18.0 Å². The number of benzene rings is 1. The second-order valence-electron chi connectivity index (χ2n) is 8.29. The third-order valence-corrected chi connectivity index (χ3v) is 6.45. The second kappa shape index (κ2) is 6.55. The standard InChI is InChI=1S/C20H25F3N2O/c21-20(22,23)14-6-2-3-11(7-14)16-10-17(16)19(26)25-18-12-4-1-5-13(18)9-15(24)8-12/h2-3,6-7,12-13,15-18H,1,4-5,8-10,24H2,(H,25,26). The highest BCUT2D eigenvalue weighted by molar-refractivity contribution is 5.83. The lowest BCUT2D eigenvalue weighted by atomic mass is 9.67. The maximum Gasteiger partial charge on any atom is 0.416 e. The van der Waals surface area contributed by atoms with Crippen LogP contribution in [0, 0.1) is 17.8 Å². The molecule has 26 heavy (non-hydrogen) atoms. The van der Waals surface area contributed by atoms with Crippen LogP contribution in [0.3, 0.4) is 0 Å². The Labute approximate surface area is 151 Å². The lowest BCUT2D eigenvalue weighted by Crippen LogP contribution is -2.54. The molecule has 3 saturated carbocycles. The first-order chi connectivity index (χ1) is 12.3. The molecule has 1 aromatic carbocycles. The largest absolute Gasteiger partial charge is 0.416 e. The summed E-state index contributed by atoms with van der Waals surface area (Å²) < 4.78 is 38.7. The van der Waals surface area contributed by atoms with Crippen molar-refractivity contribution in [2.45, 2.75) is 62.7 Å². The van der Waals surface area contributed by atoms with Crippen molar-refractivity contribution in [2.24, 2.45) is 23.5 Å². The molecule has 3 N–H and O–H groups in total. The fraction of sp³-hybridized carbons (Fsp3) is 0.650. The van der Waals surface area contributed by atoms with Crippen LogP contribution in [0.15, 0.2) is 24.3 Å². The molecule has 0 heterocycles. The van der Waals surface area contributed by atoms with E-state index in [4.69, 9.17) is 5.73 Å². The van der Waals surface area contributed by atoms with Gasteiger partial charge in [0.2, 0.25) is 5.91 Å². The van der Waals surface area contributed by atoms with Gasteiger partial charge in [-0.05, 0) is 61.5 Å². The lowest BCUT2D eigenvalue weighted by molar-refractivity contribution is -0.137. The van der Waals surface area contributed by atoms with Crippen LogP contribution in [0.2, 0.25) is 0 Å². The van der Waals surface area contributed by atoms with Crippen molar-refractivity contribution in [3.8, 4) is 0 Å². The van der Waals surface area contributed by atoms with Gasteiger partial charge in [-0.3, -0.25) is 4.79 Å². The maximum absolute atomic E-state index is 12.9. The molecule has 0 radical (unpaired) electrons. The number of fused-ring (bicyclic) bond motifs is 2. The molecule has 2 bridgehead atoms. The first-order valence-corrected chi connectivity index (χ1v) is 9.56. The minimum atomic E-state index is -4.35. The summed E-state index contributed by atoms with van der Waals surface area (Å²) in [5, 5.41) is 3.23. The summed E-state index contributed by atoms with van der Waals surface area (Å²) in [6.45, 7) is 0. The highest BCUT2D eigenvalue weighted by Gasteiger charge is 2.47. The minimum absolute atomic E-state index is 0.00443. The second-order valence-corrected chi connectivity index (χ2v) is 8.29. The van der Waals surface area contributed by atoms with E-state index in [2.05, 4.69) is 5.32 Å². The zero-order valence-electron chi connectivity index (χ0n) is 14.6. The van der Waals surface area contributed by atoms with Crippen LogP contribution in [0.5, 0.6) is 0 Å². The SMILES string of the molecule is NC1CC2CCCC(C1)C2NC(=O)C1CC1c1cccc(C(F)(F)F)c1. The number of rotatable bonds is 3. The molecule has 4 atom stereocenters. The third kappa shape index (κ3) is 3.48. The summed E-state index contributed by atoms with van der Waals surface area (Å²) in [6, 6.07) is 5.82. The zero-order chi connectivity index (χ0) is 18.5. The van der Waals surface area contributed by atoms with E-state index < -0.39 is 11.7 Å². The van der Waals surface area contributed by atoms with E-state index in [0.29, 0.717) is 23.8 Å². The topological polar surface area (TPSA) is 55.1 Å². The molecule has 1 aromatic rings. The Hall–Kier alpha value is -1.56. The Balaban J connectivity index is 1.40. The normalized spacial score (nSPS) is 36.5. The summed E-state index contributed by atoms with van der Waals surface area (Å²) in [6.07, 6.45) is 1.63. The van der Waals surface area contributed by atoms with Gasteiger partial charge in [0.05, 0.1) is 5.56 Å². The minimum Gasteiger partial charge on any atom is -0.353 e. The Morgan fingerprint density at radius 1 is 1.12 bits per heavy atom. The molecule has 3 fully saturated rings. The molecule has 3 aliphatic carbocycles. The van der Waals surface area contributed by atoms with Crippen LogP contribution in [-0.2, 0) is 11.0 Å². The molecule has 0 aromatic heterocycles. The summed E-state index contributed by atoms with van der Waals surface area (Å²) >= 11 is 0. The molecule has 0 saturated heterocycles. The number of nitrogens with two attached hydrogens (primary N) is 1. The van der Waals surface area contributed by atoms with Gasteiger partial charge < -0.3 is 11.1 Å². The van der Waals surface area contributed by atoms with E-state index in [1.807, 2.05) is 0 Å². The van der Waals surface area contributed by atoms with Gasteiger partial charge in [-0.1, -0.05) is 24.6 Å². The van der Waals surface area contributed by atoms with E-state index >= 15 is 0 Å². The summed E-state index contributed by atoms with van der Waals surface area (Å²) in [5.74, 6) is 0.613. The molecule has 4 unspecified atom stereocenters. The van der Waals surface area contributed by atoms with Gasteiger partial charge in [-0.15, -0.1) is 0 Å². The molecule has 3 aliphatic rings. The van der Waals surface area contributed by atoms with Crippen molar-refractivity contribution in [1.29, 1.82) is 0 Å². The smallest absolute Gasteiger partial charge is 0.353 e. The molecule has 0 spiro atoms. The number of halogens is 3. The first-order valence-electron chi connectivity index (χ1n) is 9.56. The Morgan fingerprint density at radius 3 is 2.46 bits per heavy atom. The fourth-order valence-electron chi connectivity index (χ4n) is 5.09. The zero-order valence-corrected chi connectivity index (χ0v) is 14.6. The highest BCUT2D eigenvalue weighted by atomic mass is 19.4. The summed E-state index contributed by atoms with van der Waals surface area (Å²) in [5.41, 5.74) is 6.11. The average molecular weight is 366 g/mol. The Kier molecular flexibility index (Phi) is 4.49. The van der Waals surface area contributed by atoms with Crippen LogP contribution in [-0.4, -0.2) is 18.0 Å². The van der Waals surface area contributed by atoms with Gasteiger partial charge in [-0.25, -0.2) is 0 Å². The number of hydrogen-bond donors (Lipinski definition) is 2. The lowest BCUT2D eigenvalue weighted by Gasteiger charge is -2.45. The summed E-state index contributed by atoms with van der Waals surface area (Å²) in [7, 11) is 0. The third-order valence-electron chi connectivity index (χ3n) is 6.45. The van der Waals surface area contributed by atoms with Crippen LogP contribution in [0.4, 0.5) is 13.2 Å². The molecule has 3 nitrogen and oxygen atoms in total. The Bertz CT molecular complexity index is 676. The van der Waals surface area contributed by atoms with Crippen molar-refractivity contribution in [3.05, 3.63) is 35.4 Å². The molecule has 142 valence electrons. The van der Waals surface area contributed by atoms with E-state index in [1.165, 1.54) is 18.6 Å². The van der Waals surface area contributed by atoms with E-state index in [-0.39, 0.29) is 29.8 Å². The number of carbonyl (C=O) groups is 1. The monoisotopic (exact) mass is 366 g/mol. The van der Waals surface area contributed by atoms with Crippen LogP contribution >= 0.6 is 0 Å². The number of hydrogen-bond acceptors (Lipinski definition) is 2. The van der Waals surface area contributed by atoms with Crippen LogP contribution in [0.1, 0.15) is 55.6 Å². The first kappa shape index (κ1) is 17.8. The van der Waals surface area contributed by atoms with Gasteiger partial charge >= 0.3 is 6.18 Å². The van der Waals surface area contributed by atoms with Crippen molar-refractivity contribution in [1.82, 2.24) is 5.32 Å². The molecule has 0 aliphatic heterocycles. The van der Waals surface area contributed by atoms with Gasteiger partial charge in [0.25, 0.3) is 0 Å². The van der Waals surface area contributed by atoms with Crippen LogP contribution in [0.25, 0.3) is 0 Å². The van der Waals surface area contributed by atoms with Gasteiger partial charge in [-0.2, -0.15) is 13.2 Å². The average Bonchev–Trinajstić information content (AvgIpc) is 3.36. The van der Waals surface area contributed by atoms with Crippen molar-refractivity contribution in [2.75, 3.05) is 0 Å². The van der Waals surface area contributed by atoms with E-state index in [1.54, 1.807) is 6.07 Å². The van der Waals surface area contributed by atoms with Crippen molar-refractivity contribution >= 4 is 5.91 Å². The fourth-order valence-corrected chi connectivity index (χ4v) is 5.09. The molecule has 6 heteroatoms. The molecule has 1 amide bonds. The number of amides is 1. The predicted molar refractivity (Wildman–Crippen MR) is 92.3 cm³/mol. The van der Waals surface area contributed by atoms with Crippen LogP contribution < -0.4 is 11.1 Å². The van der Waals surface area contributed by atoms with Gasteiger partial charge in [0, 0.05) is 18.0 Å². The molecule has 4 rings (SSSR count). The predicted octanol–water partition coefficient (Wildman–Crippen LogP) is 3.83. The van der Waals surface area contributed by atoms with Gasteiger partial charge in [0.1, 0.15) is 0 Å². The quantitative estimate of drug-likeness (QED) is 0.854. The maximum atomic E-state index is 12.9. The Morgan fingerprint density at radius 2 is 1.81 bits per heavy atom. The molecular weight excluding hydrogens is 341 g/mol. The number of nitrogens with one attached hydrogen (secondary N) is 1. The van der Waals surface area contributed by atoms with E-state index in [0.717, 1.165) is 31.7 Å². The van der Waals surface area contributed by atoms with E-state index in [9.17, 15) is 18.0 Å². The van der Waals surface area contributed by atoms with Gasteiger partial charge in [0.15, 0.2) is 0 Å². The number of carbonyl (C=O) groups excluding carboxylic acids is 1. The highest BCUT2D eigenvalue weighted by Crippen LogP contribution is 2.49. The molecular formula is C20H25F3N2O.